The number of benzene rings is 1. The Kier molecular flexibility index (Phi) is 4.72. The number of alkyl halides is 1. The summed E-state index contributed by atoms with van der Waals surface area (Å²) >= 11 is 11.5. The molecule has 7 heteroatoms. The third kappa shape index (κ3) is 3.31. The lowest BCUT2D eigenvalue weighted by atomic mass is 10.1. The number of carbonyl (C=O) groups excluding carboxylic acids is 1. The van der Waals surface area contributed by atoms with Crippen LogP contribution in [0.3, 0.4) is 0 Å². The van der Waals surface area contributed by atoms with E-state index >= 15 is 0 Å². The fourth-order valence-electron chi connectivity index (χ4n) is 1.29. The molecule has 0 bridgehead atoms. The first-order chi connectivity index (χ1) is 7.99. The van der Waals surface area contributed by atoms with Crippen molar-refractivity contribution in [3.8, 4) is 0 Å². The quantitative estimate of drug-likeness (QED) is 0.367. The molecule has 5 nitrogen and oxygen atoms in total. The van der Waals surface area contributed by atoms with Gasteiger partial charge in [0.15, 0.2) is 0 Å². The van der Waals surface area contributed by atoms with Crippen LogP contribution in [0.1, 0.15) is 11.1 Å². The molecule has 1 aromatic carbocycles. The molecule has 0 fully saturated rings. The summed E-state index contributed by atoms with van der Waals surface area (Å²) in [6.45, 7) is 0. The molecule has 0 aliphatic rings. The zero-order valence-corrected chi connectivity index (χ0v) is 10.4. The molecule has 0 aliphatic heterocycles. The maximum Gasteiger partial charge on any atom is 0.310 e. The van der Waals surface area contributed by atoms with Crippen molar-refractivity contribution < 1.29 is 14.5 Å². The van der Waals surface area contributed by atoms with E-state index in [0.29, 0.717) is 10.6 Å². The molecular weight excluding hydrogens is 269 g/mol. The van der Waals surface area contributed by atoms with Crippen molar-refractivity contribution in [2.75, 3.05) is 7.11 Å². The lowest BCUT2D eigenvalue weighted by molar-refractivity contribution is -0.385. The number of nitro benzene ring substituents is 1. The number of nitrogens with zero attached hydrogens (tertiary/aromatic N) is 1. The highest BCUT2D eigenvalue weighted by atomic mass is 35.5. The smallest absolute Gasteiger partial charge is 0.310 e. The number of esters is 1. The molecule has 0 aromatic heterocycles. The first kappa shape index (κ1) is 13.7. The normalized spacial score (nSPS) is 10.1. The summed E-state index contributed by atoms with van der Waals surface area (Å²) in [4.78, 5) is 21.4. The Labute approximate surface area is 107 Å². The van der Waals surface area contributed by atoms with Crippen LogP contribution in [0.2, 0.25) is 5.02 Å². The van der Waals surface area contributed by atoms with Gasteiger partial charge in [-0.2, -0.15) is 0 Å². The minimum absolute atomic E-state index is 0.0676. The van der Waals surface area contributed by atoms with E-state index in [1.165, 1.54) is 19.2 Å². The molecule has 0 aliphatic carbocycles. The van der Waals surface area contributed by atoms with Crippen LogP contribution in [0, 0.1) is 10.1 Å². The molecule has 0 saturated heterocycles. The highest BCUT2D eigenvalue weighted by Crippen LogP contribution is 2.28. The predicted molar refractivity (Wildman–Crippen MR) is 63.4 cm³/mol. The van der Waals surface area contributed by atoms with E-state index < -0.39 is 10.9 Å². The van der Waals surface area contributed by atoms with Crippen molar-refractivity contribution in [1.29, 1.82) is 0 Å². The first-order valence-corrected chi connectivity index (χ1v) is 5.49. The highest BCUT2D eigenvalue weighted by Gasteiger charge is 2.19. The lowest BCUT2D eigenvalue weighted by Crippen LogP contribution is -2.07. The van der Waals surface area contributed by atoms with E-state index in [1.807, 2.05) is 0 Å². The second-order valence-electron chi connectivity index (χ2n) is 3.22. The second-order valence-corrected chi connectivity index (χ2v) is 3.89. The fraction of sp³-hybridized carbons (Fsp3) is 0.300. The fourth-order valence-corrected chi connectivity index (χ4v) is 1.83. The zero-order valence-electron chi connectivity index (χ0n) is 8.91. The largest absolute Gasteiger partial charge is 0.469 e. The maximum atomic E-state index is 11.1. The van der Waals surface area contributed by atoms with Gasteiger partial charge >= 0.3 is 5.97 Å². The molecule has 0 N–H and O–H groups in total. The summed E-state index contributed by atoms with van der Waals surface area (Å²) in [5.41, 5.74) is 0.477. The molecule has 1 rings (SSSR count). The van der Waals surface area contributed by atoms with Gasteiger partial charge in [-0.1, -0.05) is 11.6 Å². The van der Waals surface area contributed by atoms with E-state index in [0.717, 1.165) is 0 Å². The molecule has 92 valence electrons. The van der Waals surface area contributed by atoms with Crippen molar-refractivity contribution in [3.05, 3.63) is 38.4 Å². The van der Waals surface area contributed by atoms with Gasteiger partial charge in [-0.15, -0.1) is 11.6 Å². The number of halogens is 2. The van der Waals surface area contributed by atoms with Crippen molar-refractivity contribution in [2.45, 2.75) is 12.3 Å². The number of ether oxygens (including phenoxy) is 1. The molecule has 0 heterocycles. The van der Waals surface area contributed by atoms with Crippen LogP contribution in [0.25, 0.3) is 0 Å². The molecule has 0 atom stereocenters. The number of carbonyl (C=O) groups is 1. The minimum atomic E-state index is -0.579. The molecule has 0 spiro atoms. The zero-order chi connectivity index (χ0) is 13.0. The Balaban J connectivity index is 3.23. The Morgan fingerprint density at radius 2 is 2.12 bits per heavy atom. The Hall–Kier alpha value is -1.33. The van der Waals surface area contributed by atoms with Crippen LogP contribution >= 0.6 is 23.2 Å². The van der Waals surface area contributed by atoms with Gasteiger partial charge in [-0.05, 0) is 11.6 Å². The summed E-state index contributed by atoms with van der Waals surface area (Å²) in [6.07, 6.45) is -0.199. The van der Waals surface area contributed by atoms with Gasteiger partial charge in [0.2, 0.25) is 0 Å². The Morgan fingerprint density at radius 1 is 1.47 bits per heavy atom. The number of rotatable bonds is 4. The molecule has 1 aromatic rings. The number of hydrogen-bond donors (Lipinski definition) is 0. The minimum Gasteiger partial charge on any atom is -0.469 e. The predicted octanol–water partition coefficient (Wildman–Crippen LogP) is 2.70. The van der Waals surface area contributed by atoms with Crippen LogP contribution in [0.4, 0.5) is 5.69 Å². The average Bonchev–Trinajstić information content (AvgIpc) is 2.28. The van der Waals surface area contributed by atoms with Crippen LogP contribution in [-0.4, -0.2) is 18.0 Å². The van der Waals surface area contributed by atoms with E-state index in [9.17, 15) is 14.9 Å². The van der Waals surface area contributed by atoms with Gasteiger partial charge in [-0.25, -0.2) is 0 Å². The average molecular weight is 278 g/mol. The van der Waals surface area contributed by atoms with E-state index in [-0.39, 0.29) is 23.6 Å². The molecule has 0 amide bonds. The van der Waals surface area contributed by atoms with Gasteiger partial charge in [0.1, 0.15) is 0 Å². The van der Waals surface area contributed by atoms with E-state index in [1.54, 1.807) is 0 Å². The van der Waals surface area contributed by atoms with E-state index in [4.69, 9.17) is 23.2 Å². The van der Waals surface area contributed by atoms with Crippen molar-refractivity contribution in [1.82, 2.24) is 0 Å². The maximum absolute atomic E-state index is 11.1. The van der Waals surface area contributed by atoms with Gasteiger partial charge < -0.3 is 4.74 Å². The monoisotopic (exact) mass is 277 g/mol. The van der Waals surface area contributed by atoms with Gasteiger partial charge in [0.25, 0.3) is 5.69 Å². The topological polar surface area (TPSA) is 69.4 Å². The summed E-state index contributed by atoms with van der Waals surface area (Å²) < 4.78 is 4.45. The van der Waals surface area contributed by atoms with E-state index in [2.05, 4.69) is 4.74 Å². The standard InChI is InChI=1S/C10H9Cl2NO4/c1-17-10(14)4-6-2-8(12)7(5-11)3-9(6)13(15)16/h2-3H,4-5H2,1H3. The summed E-state index contributed by atoms with van der Waals surface area (Å²) in [6, 6.07) is 2.64. The van der Waals surface area contributed by atoms with Crippen LogP contribution in [0.5, 0.6) is 0 Å². The third-order valence-electron chi connectivity index (χ3n) is 2.15. The lowest BCUT2D eigenvalue weighted by Gasteiger charge is -2.05. The van der Waals surface area contributed by atoms with Crippen molar-refractivity contribution >= 4 is 34.9 Å². The summed E-state index contributed by atoms with van der Waals surface area (Å²) in [7, 11) is 1.21. The van der Waals surface area contributed by atoms with Gasteiger partial charge in [0, 0.05) is 22.5 Å². The van der Waals surface area contributed by atoms with Crippen LogP contribution < -0.4 is 0 Å². The Bertz CT molecular complexity index is 462. The molecule has 0 unspecified atom stereocenters. The number of nitro groups is 1. The molecule has 17 heavy (non-hydrogen) atoms. The second kappa shape index (κ2) is 5.84. The van der Waals surface area contributed by atoms with Crippen LogP contribution in [-0.2, 0) is 21.8 Å². The first-order valence-electron chi connectivity index (χ1n) is 4.58. The van der Waals surface area contributed by atoms with Crippen molar-refractivity contribution in [3.63, 3.8) is 0 Å². The molecule has 0 radical (unpaired) electrons. The summed E-state index contributed by atoms with van der Waals surface area (Å²) in [5.74, 6) is -0.499. The van der Waals surface area contributed by atoms with Gasteiger partial charge in [-0.3, -0.25) is 14.9 Å². The van der Waals surface area contributed by atoms with Crippen molar-refractivity contribution in [2.24, 2.45) is 0 Å². The number of hydrogen-bond acceptors (Lipinski definition) is 4. The molecule has 0 saturated carbocycles. The number of methoxy groups -OCH3 is 1. The summed E-state index contributed by atoms with van der Waals surface area (Å²) in [5, 5.41) is 11.1. The van der Waals surface area contributed by atoms with Gasteiger partial charge in [0.05, 0.1) is 18.5 Å². The van der Waals surface area contributed by atoms with Crippen LogP contribution in [0.15, 0.2) is 12.1 Å². The third-order valence-corrected chi connectivity index (χ3v) is 2.79. The highest BCUT2D eigenvalue weighted by molar-refractivity contribution is 6.32. The molecular formula is C10H9Cl2NO4. The Morgan fingerprint density at radius 3 is 2.59 bits per heavy atom. The SMILES string of the molecule is COC(=O)Cc1cc(Cl)c(CCl)cc1[N+](=O)[O-].